The van der Waals surface area contributed by atoms with Crippen LogP contribution in [0.15, 0.2) is 84.9 Å². The number of carbonyl (C=O) groups excluding carboxylic acids is 3. The molecule has 3 aromatic carbocycles. The first-order valence-electron chi connectivity index (χ1n) is 11.7. The fourth-order valence-electron chi connectivity index (χ4n) is 3.67. The molecule has 4 amide bonds. The molecule has 3 N–H and O–H groups in total. The van der Waals surface area contributed by atoms with E-state index in [1.807, 2.05) is 81.4 Å². The zero-order chi connectivity index (χ0) is 25.2. The van der Waals surface area contributed by atoms with Gasteiger partial charge in [0.05, 0.1) is 6.42 Å². The molecule has 1 atom stereocenters. The molecular formula is C28H32N4O3. The normalized spacial score (nSPS) is 11.4. The number of carbonyl (C=O) groups is 3. The van der Waals surface area contributed by atoms with Crippen molar-refractivity contribution in [2.45, 2.75) is 33.2 Å². The van der Waals surface area contributed by atoms with E-state index in [1.54, 1.807) is 29.2 Å². The maximum absolute atomic E-state index is 12.9. The number of benzene rings is 3. The van der Waals surface area contributed by atoms with Gasteiger partial charge in [-0.05, 0) is 54.8 Å². The van der Waals surface area contributed by atoms with Gasteiger partial charge in [0.2, 0.25) is 11.8 Å². The topological polar surface area (TPSA) is 90.5 Å². The Balaban J connectivity index is 1.58. The standard InChI is InChI=1S/C28H32N4O3/c1-4-32(24-13-9-6-10-14-24)25(33)19-21-15-17-23(18-16-21)29-27(34)26(20(2)3)31-28(35)30-22-11-7-5-8-12-22/h5-18,20,26H,4,19H2,1-3H3,(H,29,34)(H2,30,31,35). The molecule has 182 valence electrons. The van der Waals surface area contributed by atoms with Crippen molar-refractivity contribution in [3.63, 3.8) is 0 Å². The number of para-hydroxylation sites is 2. The van der Waals surface area contributed by atoms with Crippen LogP contribution in [0.5, 0.6) is 0 Å². The van der Waals surface area contributed by atoms with Gasteiger partial charge >= 0.3 is 6.03 Å². The molecule has 35 heavy (non-hydrogen) atoms. The van der Waals surface area contributed by atoms with Crippen LogP contribution in [0.25, 0.3) is 0 Å². The molecule has 1 unspecified atom stereocenters. The third-order valence-corrected chi connectivity index (χ3v) is 5.53. The van der Waals surface area contributed by atoms with Crippen molar-refractivity contribution in [3.05, 3.63) is 90.5 Å². The summed E-state index contributed by atoms with van der Waals surface area (Å²) in [6.07, 6.45) is 0.257. The number of hydrogen-bond donors (Lipinski definition) is 3. The second-order valence-electron chi connectivity index (χ2n) is 8.52. The predicted octanol–water partition coefficient (Wildman–Crippen LogP) is 5.07. The van der Waals surface area contributed by atoms with Crippen LogP contribution in [0.2, 0.25) is 0 Å². The minimum absolute atomic E-state index is 0.00369. The molecule has 3 rings (SSSR count). The third kappa shape index (κ3) is 7.43. The smallest absolute Gasteiger partial charge is 0.319 e. The van der Waals surface area contributed by atoms with Crippen LogP contribution in [0, 0.1) is 5.92 Å². The van der Waals surface area contributed by atoms with Crippen molar-refractivity contribution >= 4 is 34.9 Å². The van der Waals surface area contributed by atoms with Crippen molar-refractivity contribution in [2.75, 3.05) is 22.1 Å². The van der Waals surface area contributed by atoms with E-state index in [-0.39, 0.29) is 24.2 Å². The van der Waals surface area contributed by atoms with Gasteiger partial charge in [0, 0.05) is 23.6 Å². The molecule has 0 bridgehead atoms. The van der Waals surface area contributed by atoms with Gasteiger partial charge in [0.15, 0.2) is 0 Å². The summed E-state index contributed by atoms with van der Waals surface area (Å²) in [5, 5.41) is 8.33. The molecule has 0 heterocycles. The summed E-state index contributed by atoms with van der Waals surface area (Å²) in [7, 11) is 0. The van der Waals surface area contributed by atoms with E-state index in [9.17, 15) is 14.4 Å². The van der Waals surface area contributed by atoms with Crippen molar-refractivity contribution in [1.29, 1.82) is 0 Å². The van der Waals surface area contributed by atoms with E-state index < -0.39 is 12.1 Å². The van der Waals surface area contributed by atoms with E-state index in [0.717, 1.165) is 11.3 Å². The number of nitrogens with zero attached hydrogens (tertiary/aromatic N) is 1. The zero-order valence-corrected chi connectivity index (χ0v) is 20.3. The SMILES string of the molecule is CCN(C(=O)Cc1ccc(NC(=O)C(NC(=O)Nc2ccccc2)C(C)C)cc1)c1ccccc1. The quantitative estimate of drug-likeness (QED) is 0.406. The van der Waals surface area contributed by atoms with E-state index in [2.05, 4.69) is 16.0 Å². The van der Waals surface area contributed by atoms with Crippen molar-refractivity contribution in [2.24, 2.45) is 5.92 Å². The average Bonchev–Trinajstić information content (AvgIpc) is 2.85. The minimum Gasteiger partial charge on any atom is -0.326 e. The summed E-state index contributed by atoms with van der Waals surface area (Å²) < 4.78 is 0. The fourth-order valence-corrected chi connectivity index (χ4v) is 3.67. The summed E-state index contributed by atoms with van der Waals surface area (Å²) >= 11 is 0. The second-order valence-corrected chi connectivity index (χ2v) is 8.52. The zero-order valence-electron chi connectivity index (χ0n) is 20.3. The molecule has 0 aliphatic rings. The van der Waals surface area contributed by atoms with Crippen LogP contribution in [0.4, 0.5) is 21.9 Å². The van der Waals surface area contributed by atoms with Gasteiger partial charge in [0.1, 0.15) is 6.04 Å². The number of rotatable bonds is 9. The molecule has 0 aromatic heterocycles. The first-order chi connectivity index (χ1) is 16.9. The predicted molar refractivity (Wildman–Crippen MR) is 140 cm³/mol. The van der Waals surface area contributed by atoms with Gasteiger partial charge in [-0.25, -0.2) is 4.79 Å². The van der Waals surface area contributed by atoms with Crippen LogP contribution in [0.1, 0.15) is 26.3 Å². The minimum atomic E-state index is -0.719. The van der Waals surface area contributed by atoms with E-state index in [0.29, 0.717) is 17.9 Å². The lowest BCUT2D eigenvalue weighted by molar-refractivity contribution is -0.119. The second kappa shape index (κ2) is 12.4. The lowest BCUT2D eigenvalue weighted by Crippen LogP contribution is -2.48. The Morgan fingerprint density at radius 2 is 1.34 bits per heavy atom. The number of hydrogen-bond acceptors (Lipinski definition) is 3. The van der Waals surface area contributed by atoms with Gasteiger partial charge in [-0.1, -0.05) is 62.4 Å². The van der Waals surface area contributed by atoms with Gasteiger partial charge in [-0.2, -0.15) is 0 Å². The Morgan fingerprint density at radius 1 is 0.771 bits per heavy atom. The average molecular weight is 473 g/mol. The van der Waals surface area contributed by atoms with Crippen LogP contribution in [-0.2, 0) is 16.0 Å². The highest BCUT2D eigenvalue weighted by Gasteiger charge is 2.24. The molecule has 7 heteroatoms. The summed E-state index contributed by atoms with van der Waals surface area (Å²) in [5.41, 5.74) is 2.96. The highest BCUT2D eigenvalue weighted by atomic mass is 16.2. The number of amides is 4. The summed E-state index contributed by atoms with van der Waals surface area (Å²) in [4.78, 5) is 39.8. The third-order valence-electron chi connectivity index (χ3n) is 5.53. The van der Waals surface area contributed by atoms with Gasteiger partial charge in [-0.3, -0.25) is 9.59 Å². The number of nitrogens with one attached hydrogen (secondary N) is 3. The number of likely N-dealkylation sites (N-methyl/N-ethyl adjacent to an activating group) is 1. The highest BCUT2D eigenvalue weighted by molar-refractivity contribution is 5.99. The largest absolute Gasteiger partial charge is 0.326 e. The Labute approximate surface area is 206 Å². The molecule has 0 saturated carbocycles. The lowest BCUT2D eigenvalue weighted by atomic mass is 10.0. The van der Waals surface area contributed by atoms with Crippen molar-refractivity contribution in [3.8, 4) is 0 Å². The van der Waals surface area contributed by atoms with Crippen molar-refractivity contribution < 1.29 is 14.4 Å². The summed E-state index contributed by atoms with van der Waals surface area (Å²) in [6, 6.07) is 24.6. The van der Waals surface area contributed by atoms with E-state index in [4.69, 9.17) is 0 Å². The van der Waals surface area contributed by atoms with Crippen LogP contribution in [0.3, 0.4) is 0 Å². The fraction of sp³-hybridized carbons (Fsp3) is 0.250. The Kier molecular flexibility index (Phi) is 9.01. The van der Waals surface area contributed by atoms with Gasteiger partial charge in [0.25, 0.3) is 0 Å². The van der Waals surface area contributed by atoms with E-state index >= 15 is 0 Å². The van der Waals surface area contributed by atoms with Crippen LogP contribution in [-0.4, -0.2) is 30.4 Å². The molecule has 0 radical (unpaired) electrons. The lowest BCUT2D eigenvalue weighted by Gasteiger charge is -2.22. The molecule has 0 aliphatic heterocycles. The Hall–Kier alpha value is -4.13. The number of urea groups is 1. The monoisotopic (exact) mass is 472 g/mol. The maximum Gasteiger partial charge on any atom is 0.319 e. The molecule has 0 fully saturated rings. The van der Waals surface area contributed by atoms with Gasteiger partial charge < -0.3 is 20.9 Å². The molecule has 0 aliphatic carbocycles. The Morgan fingerprint density at radius 3 is 1.91 bits per heavy atom. The highest BCUT2D eigenvalue weighted by Crippen LogP contribution is 2.17. The van der Waals surface area contributed by atoms with Crippen molar-refractivity contribution in [1.82, 2.24) is 5.32 Å². The van der Waals surface area contributed by atoms with E-state index in [1.165, 1.54) is 0 Å². The first kappa shape index (κ1) is 25.5. The summed E-state index contributed by atoms with van der Waals surface area (Å²) in [6.45, 7) is 6.27. The Bertz CT molecular complexity index is 1120. The van der Waals surface area contributed by atoms with Crippen LogP contribution >= 0.6 is 0 Å². The van der Waals surface area contributed by atoms with Crippen LogP contribution < -0.4 is 20.9 Å². The number of anilines is 3. The maximum atomic E-state index is 12.9. The van der Waals surface area contributed by atoms with Gasteiger partial charge in [-0.15, -0.1) is 0 Å². The molecule has 3 aromatic rings. The first-order valence-corrected chi connectivity index (χ1v) is 11.7. The molecule has 7 nitrogen and oxygen atoms in total. The molecule has 0 spiro atoms. The molecular weight excluding hydrogens is 440 g/mol. The summed E-state index contributed by atoms with van der Waals surface area (Å²) in [5.74, 6) is -0.427. The molecule has 0 saturated heterocycles.